The summed E-state index contributed by atoms with van der Waals surface area (Å²) in [5.41, 5.74) is 3.78. The molecule has 4 nitrogen and oxygen atoms in total. The van der Waals surface area contributed by atoms with Crippen molar-refractivity contribution in [1.82, 2.24) is 10.2 Å². The van der Waals surface area contributed by atoms with Crippen LogP contribution in [0, 0.1) is 0 Å². The monoisotopic (exact) mass is 324 g/mol. The van der Waals surface area contributed by atoms with Gasteiger partial charge in [-0.1, -0.05) is 49.4 Å². The predicted molar refractivity (Wildman–Crippen MR) is 95.3 cm³/mol. The molecule has 0 saturated heterocycles. The van der Waals surface area contributed by atoms with Gasteiger partial charge in [0.1, 0.15) is 12.4 Å². The van der Waals surface area contributed by atoms with Crippen LogP contribution >= 0.6 is 0 Å². The van der Waals surface area contributed by atoms with Crippen molar-refractivity contribution in [3.63, 3.8) is 0 Å². The van der Waals surface area contributed by atoms with Gasteiger partial charge in [-0.15, -0.1) is 0 Å². The topological polar surface area (TPSA) is 41.6 Å². The highest BCUT2D eigenvalue weighted by Crippen LogP contribution is 2.19. The number of nitrogens with zero attached hydrogens (tertiary/aromatic N) is 1. The molecule has 0 fully saturated rings. The number of amides is 2. The highest BCUT2D eigenvalue weighted by Gasteiger charge is 2.19. The zero-order valence-electron chi connectivity index (χ0n) is 14.1. The van der Waals surface area contributed by atoms with Gasteiger partial charge in [-0.05, 0) is 35.6 Å². The van der Waals surface area contributed by atoms with Crippen LogP contribution in [0.5, 0.6) is 5.75 Å². The summed E-state index contributed by atoms with van der Waals surface area (Å²) in [6.07, 6.45) is 1.86. The third kappa shape index (κ3) is 3.88. The van der Waals surface area contributed by atoms with E-state index in [0.717, 1.165) is 25.1 Å². The first-order valence-corrected chi connectivity index (χ1v) is 8.58. The molecule has 1 N–H and O–H groups in total. The molecule has 1 heterocycles. The van der Waals surface area contributed by atoms with E-state index in [1.807, 2.05) is 29.2 Å². The number of fused-ring (bicyclic) bond motifs is 1. The molecule has 24 heavy (non-hydrogen) atoms. The Morgan fingerprint density at radius 3 is 2.71 bits per heavy atom. The Balaban J connectivity index is 1.45. The number of para-hydroxylation sites is 1. The molecule has 1 aliphatic rings. The fraction of sp³-hybridized carbons (Fsp3) is 0.350. The average molecular weight is 324 g/mol. The fourth-order valence-corrected chi connectivity index (χ4v) is 3.04. The minimum absolute atomic E-state index is 0.0168. The number of hydrogen-bond donors (Lipinski definition) is 1. The molecule has 2 aromatic carbocycles. The third-order valence-corrected chi connectivity index (χ3v) is 4.41. The second kappa shape index (κ2) is 7.86. The van der Waals surface area contributed by atoms with E-state index in [2.05, 4.69) is 36.5 Å². The van der Waals surface area contributed by atoms with E-state index in [1.54, 1.807) is 0 Å². The van der Waals surface area contributed by atoms with Gasteiger partial charge in [-0.25, -0.2) is 4.79 Å². The second-order valence-corrected chi connectivity index (χ2v) is 5.98. The van der Waals surface area contributed by atoms with E-state index in [1.165, 1.54) is 16.7 Å². The van der Waals surface area contributed by atoms with Gasteiger partial charge in [-0.3, -0.25) is 0 Å². The van der Waals surface area contributed by atoms with E-state index < -0.39 is 0 Å². The van der Waals surface area contributed by atoms with Crippen LogP contribution in [0.3, 0.4) is 0 Å². The van der Waals surface area contributed by atoms with Gasteiger partial charge >= 0.3 is 6.03 Å². The fourth-order valence-electron chi connectivity index (χ4n) is 3.04. The SMILES string of the molecule is CCc1ccccc1OCCNC(=O)N1CCc2ccccc2C1. The standard InChI is InChI=1S/C20H24N2O2/c1-2-16-7-5-6-10-19(16)24-14-12-21-20(23)22-13-11-17-8-3-4-9-18(17)15-22/h3-10H,2,11-15H2,1H3,(H,21,23). The number of nitrogens with one attached hydrogen (secondary N) is 1. The van der Waals surface area contributed by atoms with Crippen LogP contribution in [-0.4, -0.2) is 30.6 Å². The van der Waals surface area contributed by atoms with Gasteiger partial charge in [0.05, 0.1) is 6.54 Å². The van der Waals surface area contributed by atoms with Crippen LogP contribution in [-0.2, 0) is 19.4 Å². The van der Waals surface area contributed by atoms with Crippen LogP contribution in [0.25, 0.3) is 0 Å². The molecule has 0 radical (unpaired) electrons. The Morgan fingerprint density at radius 2 is 1.88 bits per heavy atom. The van der Waals surface area contributed by atoms with Crippen LogP contribution in [0.4, 0.5) is 4.79 Å². The molecule has 3 rings (SSSR count). The van der Waals surface area contributed by atoms with Gasteiger partial charge in [0.15, 0.2) is 0 Å². The first-order valence-electron chi connectivity index (χ1n) is 8.58. The highest BCUT2D eigenvalue weighted by atomic mass is 16.5. The molecule has 2 aromatic rings. The number of carbonyl (C=O) groups is 1. The van der Waals surface area contributed by atoms with E-state index >= 15 is 0 Å². The first kappa shape index (κ1) is 16.4. The maximum atomic E-state index is 12.3. The zero-order chi connectivity index (χ0) is 16.8. The molecule has 126 valence electrons. The average Bonchev–Trinajstić information content (AvgIpc) is 2.65. The van der Waals surface area contributed by atoms with Crippen molar-refractivity contribution in [3.05, 3.63) is 65.2 Å². The number of ether oxygens (including phenoxy) is 1. The van der Waals surface area contributed by atoms with Crippen molar-refractivity contribution in [2.45, 2.75) is 26.3 Å². The van der Waals surface area contributed by atoms with E-state index in [0.29, 0.717) is 19.7 Å². The zero-order valence-corrected chi connectivity index (χ0v) is 14.1. The molecule has 0 spiro atoms. The molecular formula is C20H24N2O2. The van der Waals surface area contributed by atoms with Gasteiger partial charge in [0, 0.05) is 13.1 Å². The summed E-state index contributed by atoms with van der Waals surface area (Å²) in [7, 11) is 0. The molecule has 2 amide bonds. The van der Waals surface area contributed by atoms with Crippen LogP contribution < -0.4 is 10.1 Å². The molecule has 0 aromatic heterocycles. The summed E-state index contributed by atoms with van der Waals surface area (Å²) in [5, 5.41) is 2.95. The summed E-state index contributed by atoms with van der Waals surface area (Å²) in [6, 6.07) is 16.3. The molecule has 0 atom stereocenters. The molecule has 1 aliphatic heterocycles. The first-order chi connectivity index (χ1) is 11.8. The van der Waals surface area contributed by atoms with E-state index in [9.17, 15) is 4.79 Å². The Bertz CT molecular complexity index is 700. The number of benzene rings is 2. The number of rotatable bonds is 5. The Labute approximate surface area is 143 Å². The molecule has 0 bridgehead atoms. The van der Waals surface area contributed by atoms with Gasteiger partial charge in [0.25, 0.3) is 0 Å². The summed E-state index contributed by atoms with van der Waals surface area (Å²) < 4.78 is 5.79. The summed E-state index contributed by atoms with van der Waals surface area (Å²) in [5.74, 6) is 0.904. The van der Waals surface area contributed by atoms with Crippen LogP contribution in [0.1, 0.15) is 23.6 Å². The normalized spacial score (nSPS) is 13.3. The number of aryl methyl sites for hydroxylation is 1. The van der Waals surface area contributed by atoms with Crippen molar-refractivity contribution in [2.75, 3.05) is 19.7 Å². The van der Waals surface area contributed by atoms with E-state index in [4.69, 9.17) is 4.74 Å². The van der Waals surface area contributed by atoms with Gasteiger partial charge < -0.3 is 15.0 Å². The second-order valence-electron chi connectivity index (χ2n) is 5.98. The lowest BCUT2D eigenvalue weighted by atomic mass is 10.0. The summed E-state index contributed by atoms with van der Waals surface area (Å²) in [4.78, 5) is 14.2. The van der Waals surface area contributed by atoms with Crippen LogP contribution in [0.15, 0.2) is 48.5 Å². The quantitative estimate of drug-likeness (QED) is 0.857. The lowest BCUT2D eigenvalue weighted by Gasteiger charge is -2.29. The Kier molecular flexibility index (Phi) is 5.36. The maximum Gasteiger partial charge on any atom is 0.317 e. The molecular weight excluding hydrogens is 300 g/mol. The number of urea groups is 1. The van der Waals surface area contributed by atoms with Crippen molar-refractivity contribution in [1.29, 1.82) is 0 Å². The smallest absolute Gasteiger partial charge is 0.317 e. The lowest BCUT2D eigenvalue weighted by Crippen LogP contribution is -2.43. The molecule has 0 saturated carbocycles. The van der Waals surface area contributed by atoms with Gasteiger partial charge in [0.2, 0.25) is 0 Å². The van der Waals surface area contributed by atoms with Crippen LogP contribution in [0.2, 0.25) is 0 Å². The molecule has 0 unspecified atom stereocenters. The largest absolute Gasteiger partial charge is 0.491 e. The maximum absolute atomic E-state index is 12.3. The summed E-state index contributed by atoms with van der Waals surface area (Å²) in [6.45, 7) is 4.55. The summed E-state index contributed by atoms with van der Waals surface area (Å²) >= 11 is 0. The van der Waals surface area contributed by atoms with Gasteiger partial charge in [-0.2, -0.15) is 0 Å². The van der Waals surface area contributed by atoms with E-state index in [-0.39, 0.29) is 6.03 Å². The minimum Gasteiger partial charge on any atom is -0.491 e. The number of hydrogen-bond acceptors (Lipinski definition) is 2. The number of carbonyl (C=O) groups excluding carboxylic acids is 1. The Hall–Kier alpha value is -2.49. The van der Waals surface area contributed by atoms with Crippen molar-refractivity contribution in [2.24, 2.45) is 0 Å². The third-order valence-electron chi connectivity index (χ3n) is 4.41. The van der Waals surface area contributed by atoms with Crippen molar-refractivity contribution >= 4 is 6.03 Å². The molecule has 4 heteroatoms. The lowest BCUT2D eigenvalue weighted by molar-refractivity contribution is 0.189. The predicted octanol–water partition coefficient (Wildman–Crippen LogP) is 3.40. The van der Waals surface area contributed by atoms with Crippen molar-refractivity contribution in [3.8, 4) is 5.75 Å². The highest BCUT2D eigenvalue weighted by molar-refractivity contribution is 5.74. The van der Waals surface area contributed by atoms with Crippen molar-refractivity contribution < 1.29 is 9.53 Å². The molecule has 0 aliphatic carbocycles. The Morgan fingerprint density at radius 1 is 1.12 bits per heavy atom. The minimum atomic E-state index is -0.0168.